The quantitative estimate of drug-likeness (QED) is 0.327. The molecule has 0 fully saturated rings. The number of aryl methyl sites for hydroxylation is 1. The van der Waals surface area contributed by atoms with Crippen molar-refractivity contribution in [3.63, 3.8) is 0 Å². The Bertz CT molecular complexity index is 639. The Morgan fingerprint density at radius 2 is 1.88 bits per heavy atom. The van der Waals surface area contributed by atoms with Gasteiger partial charge in [-0.25, -0.2) is 9.59 Å². The average Bonchev–Trinajstić information content (AvgIpc) is 2.55. The molecule has 0 aliphatic rings. The number of alkyl carbamates (subject to hydrolysis) is 1. The second-order valence-electron chi connectivity index (χ2n) is 6.85. The van der Waals surface area contributed by atoms with Gasteiger partial charge in [0.05, 0.1) is 12.0 Å². The molecule has 1 rings (SSSR count). The Balaban J connectivity index is 2.56. The normalized spacial score (nSPS) is 12.2. The number of nitrogens with zero attached hydrogens (tertiary/aromatic N) is 1. The number of nitrogens with one attached hydrogen (secondary N) is 1. The number of benzene rings is 1. The second kappa shape index (κ2) is 9.74. The summed E-state index contributed by atoms with van der Waals surface area (Å²) < 4.78 is 9.86. The number of carbonyl (C=O) groups excluding carboxylic acids is 2. The van der Waals surface area contributed by atoms with Crippen LogP contribution in [0.2, 0.25) is 0 Å². The molecule has 26 heavy (non-hydrogen) atoms. The van der Waals surface area contributed by atoms with Crippen LogP contribution < -0.4 is 5.32 Å². The van der Waals surface area contributed by atoms with E-state index in [1.807, 2.05) is 0 Å². The van der Waals surface area contributed by atoms with Gasteiger partial charge < -0.3 is 14.8 Å². The van der Waals surface area contributed by atoms with Gasteiger partial charge in [0, 0.05) is 11.6 Å². The average molecular weight is 366 g/mol. The summed E-state index contributed by atoms with van der Waals surface area (Å²) in [7, 11) is 1.25. The molecule has 1 aromatic rings. The summed E-state index contributed by atoms with van der Waals surface area (Å²) in [6.07, 6.45) is 1.39. The first-order valence-electron chi connectivity index (χ1n) is 8.43. The first-order valence-corrected chi connectivity index (χ1v) is 8.43. The molecule has 0 saturated carbocycles. The van der Waals surface area contributed by atoms with E-state index < -0.39 is 28.6 Å². The number of esters is 1. The van der Waals surface area contributed by atoms with Crippen molar-refractivity contribution in [2.24, 2.45) is 0 Å². The third-order valence-electron chi connectivity index (χ3n) is 3.55. The van der Waals surface area contributed by atoms with Crippen LogP contribution in [0.25, 0.3) is 0 Å². The largest absolute Gasteiger partial charge is 0.467 e. The van der Waals surface area contributed by atoms with Crippen molar-refractivity contribution in [2.75, 3.05) is 7.11 Å². The molecule has 8 heteroatoms. The second-order valence-corrected chi connectivity index (χ2v) is 6.85. The summed E-state index contributed by atoms with van der Waals surface area (Å²) in [5, 5.41) is 13.5. The maximum absolute atomic E-state index is 11.8. The third-order valence-corrected chi connectivity index (χ3v) is 3.55. The maximum atomic E-state index is 11.8. The molecule has 1 aromatic carbocycles. The van der Waals surface area contributed by atoms with E-state index in [4.69, 9.17) is 9.47 Å². The summed E-state index contributed by atoms with van der Waals surface area (Å²) in [4.78, 5) is 34.3. The SMILES string of the molecule is COC(=O)[C@H](CCCCc1ccccc1[N+](=O)[O-])NC(=O)OC(C)(C)C. The van der Waals surface area contributed by atoms with Crippen LogP contribution in [0.5, 0.6) is 0 Å². The molecule has 0 saturated heterocycles. The van der Waals surface area contributed by atoms with Gasteiger partial charge in [-0.15, -0.1) is 0 Å². The molecule has 1 N–H and O–H groups in total. The topological polar surface area (TPSA) is 108 Å². The van der Waals surface area contributed by atoms with Crippen molar-refractivity contribution < 1.29 is 24.0 Å². The Labute approximate surface area is 153 Å². The lowest BCUT2D eigenvalue weighted by molar-refractivity contribution is -0.385. The van der Waals surface area contributed by atoms with Gasteiger partial charge >= 0.3 is 12.1 Å². The van der Waals surface area contributed by atoms with Gasteiger partial charge in [0.15, 0.2) is 0 Å². The van der Waals surface area contributed by atoms with Gasteiger partial charge in [0.1, 0.15) is 11.6 Å². The standard InChI is InChI=1S/C18H26N2O6/c1-18(2,3)26-17(22)19-14(16(21)25-4)11-7-5-9-13-10-6-8-12-15(13)20(23)24/h6,8,10,12,14H,5,7,9,11H2,1-4H3,(H,19,22)/t14-/m0/s1. The summed E-state index contributed by atoms with van der Waals surface area (Å²) in [5.41, 5.74) is 0.0629. The minimum absolute atomic E-state index is 0.0869. The Kier molecular flexibility index (Phi) is 8.02. The van der Waals surface area contributed by atoms with Gasteiger partial charge in [0.25, 0.3) is 5.69 Å². The maximum Gasteiger partial charge on any atom is 0.408 e. The number of ether oxygens (including phenoxy) is 2. The van der Waals surface area contributed by atoms with E-state index in [0.29, 0.717) is 31.2 Å². The van der Waals surface area contributed by atoms with Crippen LogP contribution in [-0.2, 0) is 20.7 Å². The number of rotatable bonds is 8. The summed E-state index contributed by atoms with van der Waals surface area (Å²) in [6, 6.07) is 5.75. The minimum atomic E-state index is -0.819. The van der Waals surface area contributed by atoms with Gasteiger partial charge in [-0.3, -0.25) is 10.1 Å². The zero-order valence-electron chi connectivity index (χ0n) is 15.6. The van der Waals surface area contributed by atoms with Crippen molar-refractivity contribution in [2.45, 2.75) is 58.1 Å². The van der Waals surface area contributed by atoms with E-state index in [-0.39, 0.29) is 5.69 Å². The zero-order valence-corrected chi connectivity index (χ0v) is 15.6. The molecule has 0 aliphatic heterocycles. The fourth-order valence-corrected chi connectivity index (χ4v) is 2.41. The summed E-state index contributed by atoms with van der Waals surface area (Å²) in [6.45, 7) is 5.19. The van der Waals surface area contributed by atoms with Crippen molar-refractivity contribution in [1.29, 1.82) is 0 Å². The number of unbranched alkanes of at least 4 members (excludes halogenated alkanes) is 1. The number of nitro groups is 1. The summed E-state index contributed by atoms with van der Waals surface area (Å²) >= 11 is 0. The van der Waals surface area contributed by atoms with E-state index in [0.717, 1.165) is 0 Å². The van der Waals surface area contributed by atoms with E-state index in [1.54, 1.807) is 39.0 Å². The molecule has 8 nitrogen and oxygen atoms in total. The number of methoxy groups -OCH3 is 1. The Hall–Kier alpha value is -2.64. The highest BCUT2D eigenvalue weighted by Crippen LogP contribution is 2.20. The van der Waals surface area contributed by atoms with Gasteiger partial charge in [0.2, 0.25) is 0 Å². The number of nitro benzene ring substituents is 1. The first kappa shape index (κ1) is 21.4. The molecule has 0 spiro atoms. The van der Waals surface area contributed by atoms with Crippen molar-refractivity contribution in [3.8, 4) is 0 Å². The van der Waals surface area contributed by atoms with Crippen LogP contribution in [0.15, 0.2) is 24.3 Å². The van der Waals surface area contributed by atoms with E-state index >= 15 is 0 Å². The van der Waals surface area contributed by atoms with Gasteiger partial charge in [-0.1, -0.05) is 24.6 Å². The monoisotopic (exact) mass is 366 g/mol. The lowest BCUT2D eigenvalue weighted by Gasteiger charge is -2.22. The van der Waals surface area contributed by atoms with Gasteiger partial charge in [-0.2, -0.15) is 0 Å². The van der Waals surface area contributed by atoms with Crippen LogP contribution in [0, 0.1) is 10.1 Å². The van der Waals surface area contributed by atoms with Crippen molar-refractivity contribution in [3.05, 3.63) is 39.9 Å². The predicted octanol–water partition coefficient (Wildman–Crippen LogP) is 3.37. The molecule has 1 amide bonds. The highest BCUT2D eigenvalue weighted by Gasteiger charge is 2.24. The van der Waals surface area contributed by atoms with E-state index in [1.165, 1.54) is 13.2 Å². The van der Waals surface area contributed by atoms with Crippen LogP contribution in [0.3, 0.4) is 0 Å². The van der Waals surface area contributed by atoms with Crippen LogP contribution in [0.1, 0.15) is 45.6 Å². The lowest BCUT2D eigenvalue weighted by Crippen LogP contribution is -2.44. The summed E-state index contributed by atoms with van der Waals surface area (Å²) in [5.74, 6) is -0.554. The lowest BCUT2D eigenvalue weighted by atomic mass is 10.0. The number of para-hydroxylation sites is 1. The molecule has 0 aromatic heterocycles. The van der Waals surface area contributed by atoms with Crippen molar-refractivity contribution >= 4 is 17.7 Å². The number of hydrogen-bond acceptors (Lipinski definition) is 6. The number of carbonyl (C=O) groups is 2. The predicted molar refractivity (Wildman–Crippen MR) is 95.8 cm³/mol. The number of hydrogen-bond donors (Lipinski definition) is 1. The molecule has 0 aliphatic carbocycles. The molecular weight excluding hydrogens is 340 g/mol. The third kappa shape index (κ3) is 7.50. The number of amides is 1. The highest BCUT2D eigenvalue weighted by atomic mass is 16.6. The van der Waals surface area contributed by atoms with Crippen LogP contribution >= 0.6 is 0 Å². The van der Waals surface area contributed by atoms with Crippen LogP contribution in [0.4, 0.5) is 10.5 Å². The zero-order chi connectivity index (χ0) is 19.7. The molecule has 0 bridgehead atoms. The molecule has 1 atom stereocenters. The highest BCUT2D eigenvalue weighted by molar-refractivity contribution is 5.81. The molecular formula is C18H26N2O6. The fraction of sp³-hybridized carbons (Fsp3) is 0.556. The molecule has 0 radical (unpaired) electrons. The fourth-order valence-electron chi connectivity index (χ4n) is 2.41. The Morgan fingerprint density at radius 3 is 2.46 bits per heavy atom. The molecule has 0 heterocycles. The molecule has 0 unspecified atom stereocenters. The van der Waals surface area contributed by atoms with Crippen LogP contribution in [-0.4, -0.2) is 35.7 Å². The van der Waals surface area contributed by atoms with E-state index in [2.05, 4.69) is 5.32 Å². The van der Waals surface area contributed by atoms with Crippen molar-refractivity contribution in [1.82, 2.24) is 5.32 Å². The molecule has 144 valence electrons. The Morgan fingerprint density at radius 1 is 1.23 bits per heavy atom. The first-order chi connectivity index (χ1) is 12.1. The van der Waals surface area contributed by atoms with E-state index in [9.17, 15) is 19.7 Å². The minimum Gasteiger partial charge on any atom is -0.467 e. The smallest absolute Gasteiger partial charge is 0.408 e. The van der Waals surface area contributed by atoms with Gasteiger partial charge in [-0.05, 0) is 40.0 Å².